The van der Waals surface area contributed by atoms with Crippen molar-refractivity contribution in [1.82, 2.24) is 5.32 Å². The van der Waals surface area contributed by atoms with E-state index in [2.05, 4.69) is 52.9 Å². The predicted molar refractivity (Wildman–Crippen MR) is 96.9 cm³/mol. The Morgan fingerprint density at radius 1 is 0.864 bits per heavy atom. The fourth-order valence-electron chi connectivity index (χ4n) is 2.12. The first-order chi connectivity index (χ1) is 10.0. The van der Waals surface area contributed by atoms with Crippen molar-refractivity contribution in [3.05, 3.63) is 40.9 Å². The normalized spacial score (nSPS) is 19.5. The Morgan fingerprint density at radius 3 is 1.91 bits per heavy atom. The first-order valence-electron chi connectivity index (χ1n) is 7.48. The van der Waals surface area contributed by atoms with Crippen molar-refractivity contribution in [2.75, 3.05) is 0 Å². The third-order valence-corrected chi connectivity index (χ3v) is 3.09. The summed E-state index contributed by atoms with van der Waals surface area (Å²) in [5, 5.41) is 4.07. The summed E-state index contributed by atoms with van der Waals surface area (Å²) in [6, 6.07) is 7.80. The van der Waals surface area contributed by atoms with Crippen molar-refractivity contribution in [2.24, 2.45) is 9.98 Å². The van der Waals surface area contributed by atoms with E-state index in [1.165, 1.54) is 0 Å². The number of nitrogens with one attached hydrogen (secondary N) is 1. The van der Waals surface area contributed by atoms with Gasteiger partial charge < -0.3 is 5.32 Å². The Hall–Kier alpha value is -1.61. The van der Waals surface area contributed by atoms with Crippen LogP contribution < -0.4 is 5.32 Å². The van der Waals surface area contributed by atoms with Crippen LogP contribution in [0.4, 0.5) is 0 Å². The highest BCUT2D eigenvalue weighted by atomic mass is 35.5. The van der Waals surface area contributed by atoms with Crippen molar-refractivity contribution in [3.63, 3.8) is 0 Å². The molecule has 0 unspecified atom stereocenters. The predicted octanol–water partition coefficient (Wildman–Crippen LogP) is 4.72. The van der Waals surface area contributed by atoms with E-state index >= 15 is 0 Å². The van der Waals surface area contributed by atoms with Crippen molar-refractivity contribution >= 4 is 28.8 Å². The van der Waals surface area contributed by atoms with E-state index in [0.717, 1.165) is 27.8 Å². The molecule has 3 nitrogen and oxygen atoms in total. The number of halogens is 1. The monoisotopic (exact) mass is 317 g/mol. The molecule has 0 atom stereocenters. The first-order valence-corrected chi connectivity index (χ1v) is 7.86. The summed E-state index contributed by atoms with van der Waals surface area (Å²) in [4.78, 5) is 9.50. The Balaban J connectivity index is 2.48. The maximum Gasteiger partial charge on any atom is 0.135 e. The molecule has 1 aliphatic rings. The van der Waals surface area contributed by atoms with Gasteiger partial charge in [-0.3, -0.25) is 9.98 Å². The second kappa shape index (κ2) is 5.88. The van der Waals surface area contributed by atoms with Crippen molar-refractivity contribution in [3.8, 4) is 0 Å². The molecule has 1 heterocycles. The van der Waals surface area contributed by atoms with E-state index in [-0.39, 0.29) is 11.1 Å². The van der Waals surface area contributed by atoms with Crippen LogP contribution >= 0.6 is 11.6 Å². The molecule has 1 aromatic carbocycles. The minimum absolute atomic E-state index is 0.138. The number of aliphatic imine (C=N–C) groups is 2. The van der Waals surface area contributed by atoms with Crippen molar-refractivity contribution in [2.45, 2.75) is 52.6 Å². The van der Waals surface area contributed by atoms with E-state index in [9.17, 15) is 0 Å². The minimum Gasteiger partial charge on any atom is -0.325 e. The summed E-state index contributed by atoms with van der Waals surface area (Å²) >= 11 is 5.99. The lowest BCUT2D eigenvalue weighted by Gasteiger charge is -2.16. The second-order valence-electron chi connectivity index (χ2n) is 7.49. The van der Waals surface area contributed by atoms with Gasteiger partial charge >= 0.3 is 0 Å². The summed E-state index contributed by atoms with van der Waals surface area (Å²) in [7, 11) is 0. The zero-order valence-corrected chi connectivity index (χ0v) is 14.9. The van der Waals surface area contributed by atoms with E-state index in [4.69, 9.17) is 21.6 Å². The molecule has 2 rings (SSSR count). The lowest BCUT2D eigenvalue weighted by molar-refractivity contribution is 0.580. The molecule has 0 saturated heterocycles. The van der Waals surface area contributed by atoms with Gasteiger partial charge in [0.15, 0.2) is 0 Å². The molecule has 0 bridgehead atoms. The topological polar surface area (TPSA) is 36.8 Å². The molecule has 4 heteroatoms. The van der Waals surface area contributed by atoms with Gasteiger partial charge in [-0.2, -0.15) is 0 Å². The Bertz CT molecular complexity index is 638. The smallest absolute Gasteiger partial charge is 0.135 e. The molecule has 0 saturated carbocycles. The van der Waals surface area contributed by atoms with E-state index in [0.29, 0.717) is 0 Å². The van der Waals surface area contributed by atoms with Gasteiger partial charge in [0.25, 0.3) is 0 Å². The average molecular weight is 318 g/mol. The van der Waals surface area contributed by atoms with E-state index in [1.54, 1.807) is 0 Å². The number of hydrogen-bond donors (Lipinski definition) is 1. The van der Waals surface area contributed by atoms with Crippen LogP contribution in [0.5, 0.6) is 0 Å². The van der Waals surface area contributed by atoms with Crippen LogP contribution in [0.3, 0.4) is 0 Å². The maximum absolute atomic E-state index is 5.99. The highest BCUT2D eigenvalue weighted by Crippen LogP contribution is 2.24. The molecule has 22 heavy (non-hydrogen) atoms. The standard InChI is InChI=1S/C18H24ClN3/c1-17(2,3)21-15-11-14(12-7-9-13(19)10-8-12)16(20-15)22-18(4,5)6/h7-11H,1-6H3,(H,20,21,22). The lowest BCUT2D eigenvalue weighted by atomic mass is 10.0. The van der Waals surface area contributed by atoms with Gasteiger partial charge in [0.05, 0.1) is 11.1 Å². The number of hydrogen-bond acceptors (Lipinski definition) is 2. The van der Waals surface area contributed by atoms with Gasteiger partial charge in [0, 0.05) is 10.6 Å². The highest BCUT2D eigenvalue weighted by Gasteiger charge is 2.23. The Labute approximate surface area is 138 Å². The zero-order valence-electron chi connectivity index (χ0n) is 14.2. The zero-order chi connectivity index (χ0) is 16.5. The summed E-state index contributed by atoms with van der Waals surface area (Å²) < 4.78 is 0. The van der Waals surface area contributed by atoms with Gasteiger partial charge in [-0.1, -0.05) is 23.7 Å². The number of amidine groups is 2. The van der Waals surface area contributed by atoms with Crippen LogP contribution in [0.25, 0.3) is 5.57 Å². The molecule has 0 amide bonds. The van der Waals surface area contributed by atoms with E-state index in [1.807, 2.05) is 24.3 Å². The molecular formula is C18H24ClN3. The largest absolute Gasteiger partial charge is 0.325 e. The van der Waals surface area contributed by atoms with Crippen LogP contribution in [0.1, 0.15) is 47.1 Å². The van der Waals surface area contributed by atoms with Crippen molar-refractivity contribution in [1.29, 1.82) is 0 Å². The molecule has 0 fully saturated rings. The number of nitrogens with zero attached hydrogens (tertiary/aromatic N) is 2. The van der Waals surface area contributed by atoms with Crippen LogP contribution in [-0.2, 0) is 0 Å². The second-order valence-corrected chi connectivity index (χ2v) is 7.93. The summed E-state index contributed by atoms with van der Waals surface area (Å²) in [5.41, 5.74) is 1.83. The third kappa shape index (κ3) is 4.70. The van der Waals surface area contributed by atoms with Crippen LogP contribution in [0.15, 0.2) is 40.3 Å². The van der Waals surface area contributed by atoms with E-state index < -0.39 is 0 Å². The minimum atomic E-state index is -0.162. The van der Waals surface area contributed by atoms with Gasteiger partial charge in [0.1, 0.15) is 11.7 Å². The first kappa shape index (κ1) is 16.8. The van der Waals surface area contributed by atoms with Gasteiger partial charge in [-0.25, -0.2) is 0 Å². The Kier molecular flexibility index (Phi) is 4.48. The molecule has 1 N–H and O–H groups in total. The van der Waals surface area contributed by atoms with Crippen molar-refractivity contribution < 1.29 is 0 Å². The summed E-state index contributed by atoms with van der Waals surface area (Å²) in [6.07, 6.45) is 2.05. The molecule has 1 aliphatic heterocycles. The van der Waals surface area contributed by atoms with Crippen LogP contribution in [0.2, 0.25) is 5.02 Å². The summed E-state index contributed by atoms with van der Waals surface area (Å²) in [6.45, 7) is 12.5. The molecule has 1 aromatic rings. The average Bonchev–Trinajstić information content (AvgIpc) is 2.67. The third-order valence-electron chi connectivity index (χ3n) is 2.84. The maximum atomic E-state index is 5.99. The molecule has 0 spiro atoms. The summed E-state index contributed by atoms with van der Waals surface area (Å²) in [5.74, 6) is 1.71. The Morgan fingerprint density at radius 2 is 1.41 bits per heavy atom. The molecular weight excluding hydrogens is 294 g/mol. The highest BCUT2D eigenvalue weighted by molar-refractivity contribution is 6.37. The SMILES string of the molecule is CC(C)(C)N=C1C=C(c2ccc(Cl)cc2)C(=NC(C)(C)C)N1. The van der Waals surface area contributed by atoms with Crippen LogP contribution in [-0.4, -0.2) is 22.7 Å². The fraction of sp³-hybridized carbons (Fsp3) is 0.444. The van der Waals surface area contributed by atoms with Crippen LogP contribution in [0, 0.1) is 0 Å². The quantitative estimate of drug-likeness (QED) is 0.799. The number of benzene rings is 1. The molecule has 118 valence electrons. The fourth-order valence-corrected chi connectivity index (χ4v) is 2.25. The van der Waals surface area contributed by atoms with Gasteiger partial charge in [-0.15, -0.1) is 0 Å². The molecule has 0 aliphatic carbocycles. The molecule has 0 aromatic heterocycles. The van der Waals surface area contributed by atoms with Gasteiger partial charge in [0.2, 0.25) is 0 Å². The number of rotatable bonds is 1. The lowest BCUT2D eigenvalue weighted by Crippen LogP contribution is -2.28. The molecule has 0 radical (unpaired) electrons. The van der Waals surface area contributed by atoms with Gasteiger partial charge in [-0.05, 0) is 65.3 Å².